The van der Waals surface area contributed by atoms with Crippen molar-refractivity contribution in [2.75, 3.05) is 37.7 Å². The molecule has 2 rings (SSSR count). The molecule has 0 unspecified atom stereocenters. The third-order valence-electron chi connectivity index (χ3n) is 3.69. The number of nitrogens with zero attached hydrogens (tertiary/aromatic N) is 3. The number of aromatic nitrogens is 2. The molecule has 0 aliphatic carbocycles. The molecule has 1 aromatic rings. The number of piperidine rings is 1. The van der Waals surface area contributed by atoms with Crippen molar-refractivity contribution in [3.63, 3.8) is 0 Å². The number of likely N-dealkylation sites (tertiary alicyclic amines) is 1. The number of anilines is 2. The molecular formula is C13H23N5. The van der Waals surface area contributed by atoms with Crippen molar-refractivity contribution in [3.05, 3.63) is 11.4 Å². The average Bonchev–Trinajstić information content (AvgIpc) is 2.34. The van der Waals surface area contributed by atoms with Crippen molar-refractivity contribution in [3.8, 4) is 0 Å². The molecule has 1 aromatic heterocycles. The van der Waals surface area contributed by atoms with Gasteiger partial charge in [-0.05, 0) is 52.7 Å². The van der Waals surface area contributed by atoms with Crippen molar-refractivity contribution < 1.29 is 0 Å². The summed E-state index contributed by atoms with van der Waals surface area (Å²) in [7, 11) is 2.18. The van der Waals surface area contributed by atoms with Crippen molar-refractivity contribution in [1.82, 2.24) is 14.9 Å². The fourth-order valence-electron chi connectivity index (χ4n) is 2.33. The molecule has 3 N–H and O–H groups in total. The summed E-state index contributed by atoms with van der Waals surface area (Å²) in [5.74, 6) is 2.92. The van der Waals surface area contributed by atoms with Gasteiger partial charge in [0.15, 0.2) is 0 Å². The van der Waals surface area contributed by atoms with E-state index in [1.165, 1.54) is 25.9 Å². The Kier molecular flexibility index (Phi) is 4.01. The van der Waals surface area contributed by atoms with E-state index in [9.17, 15) is 0 Å². The first-order chi connectivity index (χ1) is 8.56. The lowest BCUT2D eigenvalue weighted by atomic mass is 9.97. The molecule has 1 aliphatic rings. The number of hydrogen-bond donors (Lipinski definition) is 2. The van der Waals surface area contributed by atoms with Crippen LogP contribution in [0.15, 0.2) is 0 Å². The number of nitrogens with one attached hydrogen (secondary N) is 1. The van der Waals surface area contributed by atoms with Gasteiger partial charge in [0.25, 0.3) is 0 Å². The lowest BCUT2D eigenvalue weighted by molar-refractivity contribution is 0.226. The second-order valence-corrected chi connectivity index (χ2v) is 5.26. The minimum atomic E-state index is 0.577. The predicted octanol–water partition coefficient (Wildman–Crippen LogP) is 1.43. The van der Waals surface area contributed by atoms with Crippen LogP contribution in [-0.4, -0.2) is 41.5 Å². The van der Waals surface area contributed by atoms with Crippen molar-refractivity contribution >= 4 is 11.6 Å². The maximum atomic E-state index is 5.85. The molecule has 1 aliphatic heterocycles. The van der Waals surface area contributed by atoms with Crippen LogP contribution in [-0.2, 0) is 0 Å². The van der Waals surface area contributed by atoms with Crippen LogP contribution in [0.4, 0.5) is 11.6 Å². The summed E-state index contributed by atoms with van der Waals surface area (Å²) in [6.07, 6.45) is 2.50. The predicted molar refractivity (Wildman–Crippen MR) is 74.6 cm³/mol. The van der Waals surface area contributed by atoms with Crippen LogP contribution in [0.3, 0.4) is 0 Å². The molecule has 0 aromatic carbocycles. The summed E-state index contributed by atoms with van der Waals surface area (Å²) < 4.78 is 0. The fraction of sp³-hybridized carbons (Fsp3) is 0.692. The molecular weight excluding hydrogens is 226 g/mol. The van der Waals surface area contributed by atoms with E-state index in [4.69, 9.17) is 5.73 Å². The molecule has 5 nitrogen and oxygen atoms in total. The SMILES string of the molecule is Cc1nc(N)c(C)c(NCC2CCN(C)CC2)n1. The fourth-order valence-corrected chi connectivity index (χ4v) is 2.33. The zero-order valence-corrected chi connectivity index (χ0v) is 11.5. The van der Waals surface area contributed by atoms with Gasteiger partial charge in [-0.15, -0.1) is 0 Å². The van der Waals surface area contributed by atoms with Crippen LogP contribution < -0.4 is 11.1 Å². The van der Waals surface area contributed by atoms with Gasteiger partial charge in [-0.3, -0.25) is 0 Å². The van der Waals surface area contributed by atoms with Gasteiger partial charge in [0, 0.05) is 12.1 Å². The highest BCUT2D eigenvalue weighted by atomic mass is 15.1. The van der Waals surface area contributed by atoms with Crippen LogP contribution in [0.1, 0.15) is 24.2 Å². The smallest absolute Gasteiger partial charge is 0.134 e. The summed E-state index contributed by atoms with van der Waals surface area (Å²) in [6, 6.07) is 0. The Labute approximate surface area is 109 Å². The molecule has 0 amide bonds. The van der Waals surface area contributed by atoms with Gasteiger partial charge in [0.05, 0.1) is 0 Å². The van der Waals surface area contributed by atoms with E-state index in [1.807, 2.05) is 13.8 Å². The molecule has 2 heterocycles. The zero-order valence-electron chi connectivity index (χ0n) is 11.5. The van der Waals surface area contributed by atoms with Gasteiger partial charge < -0.3 is 16.0 Å². The molecule has 0 saturated carbocycles. The van der Waals surface area contributed by atoms with E-state index < -0.39 is 0 Å². The van der Waals surface area contributed by atoms with Crippen molar-refractivity contribution in [2.24, 2.45) is 5.92 Å². The van der Waals surface area contributed by atoms with Crippen molar-refractivity contribution in [2.45, 2.75) is 26.7 Å². The van der Waals surface area contributed by atoms with Crippen LogP contribution in [0.25, 0.3) is 0 Å². The lowest BCUT2D eigenvalue weighted by Crippen LogP contribution is -2.33. The van der Waals surface area contributed by atoms with Crippen LogP contribution in [0, 0.1) is 19.8 Å². The van der Waals surface area contributed by atoms with Gasteiger partial charge in [-0.1, -0.05) is 0 Å². The molecule has 0 bridgehead atoms. The summed E-state index contributed by atoms with van der Waals surface area (Å²) >= 11 is 0. The maximum Gasteiger partial charge on any atom is 0.134 e. The molecule has 18 heavy (non-hydrogen) atoms. The number of nitrogens with two attached hydrogens (primary N) is 1. The Morgan fingerprint density at radius 3 is 2.61 bits per heavy atom. The van der Waals surface area contributed by atoms with Crippen LogP contribution in [0.5, 0.6) is 0 Å². The first-order valence-corrected chi connectivity index (χ1v) is 6.59. The zero-order chi connectivity index (χ0) is 13.1. The maximum absolute atomic E-state index is 5.85. The van der Waals surface area contributed by atoms with E-state index in [-0.39, 0.29) is 0 Å². The summed E-state index contributed by atoms with van der Waals surface area (Å²) in [6.45, 7) is 7.19. The normalized spacial score (nSPS) is 17.9. The highest BCUT2D eigenvalue weighted by Gasteiger charge is 2.17. The standard InChI is InChI=1S/C13H23N5/c1-9-12(14)16-10(2)17-13(9)15-8-11-4-6-18(3)7-5-11/h11H,4-8H2,1-3H3,(H3,14,15,16,17). The molecule has 0 spiro atoms. The third-order valence-corrected chi connectivity index (χ3v) is 3.69. The average molecular weight is 249 g/mol. The Bertz CT molecular complexity index is 410. The lowest BCUT2D eigenvalue weighted by Gasteiger charge is -2.29. The highest BCUT2D eigenvalue weighted by molar-refractivity contribution is 5.54. The Balaban J connectivity index is 1.94. The number of rotatable bonds is 3. The van der Waals surface area contributed by atoms with Gasteiger partial charge in [-0.2, -0.15) is 0 Å². The summed E-state index contributed by atoms with van der Waals surface area (Å²) in [4.78, 5) is 11.0. The second-order valence-electron chi connectivity index (χ2n) is 5.26. The van der Waals surface area contributed by atoms with Crippen LogP contribution >= 0.6 is 0 Å². The van der Waals surface area contributed by atoms with Gasteiger partial charge in [0.1, 0.15) is 17.5 Å². The van der Waals surface area contributed by atoms with E-state index in [0.29, 0.717) is 5.82 Å². The molecule has 100 valence electrons. The van der Waals surface area contributed by atoms with Crippen molar-refractivity contribution in [1.29, 1.82) is 0 Å². The molecule has 1 fully saturated rings. The largest absolute Gasteiger partial charge is 0.383 e. The summed E-state index contributed by atoms with van der Waals surface area (Å²) in [5, 5.41) is 3.43. The summed E-state index contributed by atoms with van der Waals surface area (Å²) in [5.41, 5.74) is 6.80. The van der Waals surface area contributed by atoms with Gasteiger partial charge >= 0.3 is 0 Å². The minimum Gasteiger partial charge on any atom is -0.383 e. The Morgan fingerprint density at radius 1 is 1.28 bits per heavy atom. The van der Waals surface area contributed by atoms with E-state index >= 15 is 0 Å². The third kappa shape index (κ3) is 3.10. The Morgan fingerprint density at radius 2 is 1.94 bits per heavy atom. The molecule has 1 saturated heterocycles. The Hall–Kier alpha value is -1.36. The molecule has 0 atom stereocenters. The van der Waals surface area contributed by atoms with E-state index in [2.05, 4.69) is 27.2 Å². The second kappa shape index (κ2) is 5.52. The minimum absolute atomic E-state index is 0.577. The first-order valence-electron chi connectivity index (χ1n) is 6.59. The molecule has 0 radical (unpaired) electrons. The van der Waals surface area contributed by atoms with Gasteiger partial charge in [0.2, 0.25) is 0 Å². The number of aryl methyl sites for hydroxylation is 1. The number of nitrogen functional groups attached to an aromatic ring is 1. The number of hydrogen-bond acceptors (Lipinski definition) is 5. The van der Waals surface area contributed by atoms with E-state index in [1.54, 1.807) is 0 Å². The highest BCUT2D eigenvalue weighted by Crippen LogP contribution is 2.20. The first kappa shape index (κ1) is 13.1. The topological polar surface area (TPSA) is 67.1 Å². The monoisotopic (exact) mass is 249 g/mol. The van der Waals surface area contributed by atoms with Gasteiger partial charge in [-0.25, -0.2) is 9.97 Å². The van der Waals surface area contributed by atoms with E-state index in [0.717, 1.165) is 29.7 Å². The van der Waals surface area contributed by atoms with Crippen LogP contribution in [0.2, 0.25) is 0 Å². The quantitative estimate of drug-likeness (QED) is 0.848. The molecule has 5 heteroatoms.